The van der Waals surface area contributed by atoms with Gasteiger partial charge in [0.1, 0.15) is 0 Å². The van der Waals surface area contributed by atoms with Crippen molar-refractivity contribution in [2.24, 2.45) is 0 Å². The van der Waals surface area contributed by atoms with Crippen LogP contribution in [0.15, 0.2) is 24.3 Å². The van der Waals surface area contributed by atoms with Crippen LogP contribution in [0.2, 0.25) is 0 Å². The van der Waals surface area contributed by atoms with Crippen molar-refractivity contribution in [3.05, 3.63) is 35.4 Å². The summed E-state index contributed by atoms with van der Waals surface area (Å²) in [4.78, 5) is 2.58. The second-order valence-corrected chi connectivity index (χ2v) is 4.83. The molecule has 1 heterocycles. The van der Waals surface area contributed by atoms with Crippen molar-refractivity contribution in [3.8, 4) is 0 Å². The number of piperazine rings is 1. The lowest BCUT2D eigenvalue weighted by atomic mass is 10.1. The zero-order valence-corrected chi connectivity index (χ0v) is 10.4. The van der Waals surface area contributed by atoms with Crippen LogP contribution < -0.4 is 5.32 Å². The van der Waals surface area contributed by atoms with Crippen LogP contribution in [0.3, 0.4) is 0 Å². The van der Waals surface area contributed by atoms with Gasteiger partial charge in [0.05, 0.1) is 0 Å². The van der Waals surface area contributed by atoms with E-state index in [9.17, 15) is 0 Å². The van der Waals surface area contributed by atoms with Gasteiger partial charge in [-0.15, -0.1) is 0 Å². The summed E-state index contributed by atoms with van der Waals surface area (Å²) < 4.78 is 0. The Morgan fingerprint density at radius 3 is 3.06 bits per heavy atom. The maximum Gasteiger partial charge on any atom is 0.0193 e. The third kappa shape index (κ3) is 3.06. The Hall–Kier alpha value is -0.860. The first-order chi connectivity index (χ1) is 7.75. The number of nitrogens with one attached hydrogen (secondary N) is 1. The summed E-state index contributed by atoms with van der Waals surface area (Å²) in [6.45, 7) is 9.12. The fourth-order valence-electron chi connectivity index (χ4n) is 2.36. The van der Waals surface area contributed by atoms with Crippen LogP contribution in [0.4, 0.5) is 0 Å². The average molecular weight is 218 g/mol. The number of nitrogens with zero attached hydrogens (tertiary/aromatic N) is 1. The van der Waals surface area contributed by atoms with Crippen LogP contribution >= 0.6 is 0 Å². The summed E-state index contributed by atoms with van der Waals surface area (Å²) in [5, 5.41) is 3.43. The predicted octanol–water partition coefficient (Wildman–Crippen LogP) is 1.83. The van der Waals surface area contributed by atoms with Crippen LogP contribution in [0, 0.1) is 6.92 Å². The van der Waals surface area contributed by atoms with Gasteiger partial charge >= 0.3 is 0 Å². The largest absolute Gasteiger partial charge is 0.314 e. The quantitative estimate of drug-likeness (QED) is 0.832. The van der Waals surface area contributed by atoms with Crippen molar-refractivity contribution in [1.29, 1.82) is 0 Å². The molecule has 2 rings (SSSR count). The molecular formula is C14H22N2. The Balaban J connectivity index is 1.86. The van der Waals surface area contributed by atoms with E-state index in [-0.39, 0.29) is 0 Å². The van der Waals surface area contributed by atoms with Gasteiger partial charge in [-0.3, -0.25) is 4.90 Å². The molecule has 1 unspecified atom stereocenters. The van der Waals surface area contributed by atoms with E-state index < -0.39 is 0 Å². The molecule has 16 heavy (non-hydrogen) atoms. The lowest BCUT2D eigenvalue weighted by molar-refractivity contribution is 0.176. The molecule has 1 atom stereocenters. The topological polar surface area (TPSA) is 15.3 Å². The second-order valence-electron chi connectivity index (χ2n) is 4.83. The van der Waals surface area contributed by atoms with Gasteiger partial charge in [0.15, 0.2) is 0 Å². The Morgan fingerprint density at radius 1 is 1.44 bits per heavy atom. The van der Waals surface area contributed by atoms with E-state index in [1.54, 1.807) is 0 Å². The number of hydrogen-bond donors (Lipinski definition) is 1. The molecule has 1 saturated heterocycles. The highest BCUT2D eigenvalue weighted by atomic mass is 15.2. The normalized spacial score (nSPS) is 22.2. The van der Waals surface area contributed by atoms with Crippen molar-refractivity contribution in [2.45, 2.75) is 26.3 Å². The molecule has 88 valence electrons. The molecule has 0 bridgehead atoms. The van der Waals surface area contributed by atoms with Gasteiger partial charge in [-0.05, 0) is 25.8 Å². The average Bonchev–Trinajstić information content (AvgIpc) is 2.28. The first kappa shape index (κ1) is 11.6. The van der Waals surface area contributed by atoms with Gasteiger partial charge < -0.3 is 5.32 Å². The lowest BCUT2D eigenvalue weighted by Gasteiger charge is -2.33. The molecule has 0 aliphatic carbocycles. The third-order valence-corrected chi connectivity index (χ3v) is 3.41. The van der Waals surface area contributed by atoms with Crippen molar-refractivity contribution in [2.75, 3.05) is 26.2 Å². The Labute approximate surface area is 98.7 Å². The molecule has 2 nitrogen and oxygen atoms in total. The summed E-state index contributed by atoms with van der Waals surface area (Å²) in [7, 11) is 0. The van der Waals surface area contributed by atoms with Gasteiger partial charge in [-0.2, -0.15) is 0 Å². The molecule has 0 aromatic heterocycles. The van der Waals surface area contributed by atoms with Crippen molar-refractivity contribution in [3.63, 3.8) is 0 Å². The third-order valence-electron chi connectivity index (χ3n) is 3.41. The molecular weight excluding hydrogens is 196 g/mol. The van der Waals surface area contributed by atoms with Gasteiger partial charge in [-0.1, -0.05) is 29.8 Å². The van der Waals surface area contributed by atoms with Crippen LogP contribution in [-0.2, 0) is 6.42 Å². The van der Waals surface area contributed by atoms with E-state index in [0.29, 0.717) is 6.04 Å². The van der Waals surface area contributed by atoms with E-state index in [1.165, 1.54) is 30.6 Å². The molecule has 0 spiro atoms. The minimum Gasteiger partial charge on any atom is -0.314 e. The lowest BCUT2D eigenvalue weighted by Crippen LogP contribution is -2.50. The van der Waals surface area contributed by atoms with Gasteiger partial charge in [-0.25, -0.2) is 0 Å². The molecule has 0 saturated carbocycles. The number of aryl methyl sites for hydroxylation is 1. The summed E-state index contributed by atoms with van der Waals surface area (Å²) >= 11 is 0. The SMILES string of the molecule is Cc1cccc(CCN2CCNCC2C)c1. The van der Waals surface area contributed by atoms with Gasteiger partial charge in [0, 0.05) is 32.2 Å². The summed E-state index contributed by atoms with van der Waals surface area (Å²) in [5.74, 6) is 0. The molecule has 1 N–H and O–H groups in total. The maximum absolute atomic E-state index is 3.43. The molecule has 0 radical (unpaired) electrons. The van der Waals surface area contributed by atoms with Crippen molar-refractivity contribution >= 4 is 0 Å². The first-order valence-corrected chi connectivity index (χ1v) is 6.26. The smallest absolute Gasteiger partial charge is 0.0193 e. The van der Waals surface area contributed by atoms with Crippen LogP contribution in [0.1, 0.15) is 18.1 Å². The zero-order chi connectivity index (χ0) is 11.4. The molecule has 1 aliphatic heterocycles. The first-order valence-electron chi connectivity index (χ1n) is 6.26. The fourth-order valence-corrected chi connectivity index (χ4v) is 2.36. The van der Waals surface area contributed by atoms with Crippen molar-refractivity contribution in [1.82, 2.24) is 10.2 Å². The van der Waals surface area contributed by atoms with Crippen LogP contribution in [0.5, 0.6) is 0 Å². The van der Waals surface area contributed by atoms with Crippen molar-refractivity contribution < 1.29 is 0 Å². The number of hydrogen-bond acceptors (Lipinski definition) is 2. The van der Waals surface area contributed by atoms with E-state index in [2.05, 4.69) is 48.3 Å². The minimum atomic E-state index is 0.679. The molecule has 1 aliphatic rings. The Kier molecular flexibility index (Phi) is 3.97. The van der Waals surface area contributed by atoms with E-state index in [1.807, 2.05) is 0 Å². The van der Waals surface area contributed by atoms with Crippen LogP contribution in [-0.4, -0.2) is 37.1 Å². The monoisotopic (exact) mass is 218 g/mol. The maximum atomic E-state index is 3.43. The highest BCUT2D eigenvalue weighted by molar-refractivity contribution is 5.22. The summed E-state index contributed by atoms with van der Waals surface area (Å²) in [6.07, 6.45) is 1.17. The standard InChI is InChI=1S/C14H22N2/c1-12-4-3-5-14(10-12)6-8-16-9-7-15-11-13(16)2/h3-5,10,13,15H,6-9,11H2,1-2H3. The fraction of sp³-hybridized carbons (Fsp3) is 0.571. The van der Waals surface area contributed by atoms with E-state index in [0.717, 1.165) is 13.1 Å². The predicted molar refractivity (Wildman–Crippen MR) is 68.8 cm³/mol. The second kappa shape index (κ2) is 5.46. The Morgan fingerprint density at radius 2 is 2.31 bits per heavy atom. The molecule has 1 aromatic carbocycles. The highest BCUT2D eigenvalue weighted by Crippen LogP contribution is 2.08. The van der Waals surface area contributed by atoms with Gasteiger partial charge in [0.25, 0.3) is 0 Å². The number of benzene rings is 1. The zero-order valence-electron chi connectivity index (χ0n) is 10.4. The molecule has 1 fully saturated rings. The van der Waals surface area contributed by atoms with Gasteiger partial charge in [0.2, 0.25) is 0 Å². The number of rotatable bonds is 3. The molecule has 2 heteroatoms. The highest BCUT2D eigenvalue weighted by Gasteiger charge is 2.16. The Bertz CT molecular complexity index is 335. The van der Waals surface area contributed by atoms with Crippen LogP contribution in [0.25, 0.3) is 0 Å². The van der Waals surface area contributed by atoms with E-state index >= 15 is 0 Å². The summed E-state index contributed by atoms with van der Waals surface area (Å²) in [5.41, 5.74) is 2.83. The minimum absolute atomic E-state index is 0.679. The molecule has 1 aromatic rings. The molecule has 0 amide bonds. The summed E-state index contributed by atoms with van der Waals surface area (Å²) in [6, 6.07) is 9.54. The van der Waals surface area contributed by atoms with E-state index in [4.69, 9.17) is 0 Å².